The first kappa shape index (κ1) is 16.1. The molecule has 6 nitrogen and oxygen atoms in total. The van der Waals surface area contributed by atoms with Crippen LogP contribution in [0.4, 0.5) is 5.69 Å². The van der Waals surface area contributed by atoms with E-state index in [-0.39, 0.29) is 12.1 Å². The molecule has 0 saturated heterocycles. The summed E-state index contributed by atoms with van der Waals surface area (Å²) in [6.45, 7) is 0.944. The lowest BCUT2D eigenvalue weighted by atomic mass is 10.1. The first-order valence-electron chi connectivity index (χ1n) is 7.69. The highest BCUT2D eigenvalue weighted by Crippen LogP contribution is 2.32. The van der Waals surface area contributed by atoms with Gasteiger partial charge in [-0.05, 0) is 29.8 Å². The molecule has 0 radical (unpaired) electrons. The Balaban J connectivity index is 1.81. The van der Waals surface area contributed by atoms with Crippen LogP contribution in [0.5, 0.6) is 11.5 Å². The molecule has 2 aromatic carbocycles. The van der Waals surface area contributed by atoms with Gasteiger partial charge in [0.05, 0.1) is 19.3 Å². The number of anilines is 1. The second-order valence-electron chi connectivity index (χ2n) is 5.35. The molecule has 6 heteroatoms. The molecule has 0 spiro atoms. The van der Waals surface area contributed by atoms with Crippen LogP contribution in [0.15, 0.2) is 42.5 Å². The molecule has 0 aliphatic carbocycles. The first-order chi connectivity index (χ1) is 11.7. The van der Waals surface area contributed by atoms with E-state index >= 15 is 0 Å². The molecule has 1 aliphatic rings. The Hall–Kier alpha value is -2.73. The summed E-state index contributed by atoms with van der Waals surface area (Å²) in [7, 11) is 3.21. The van der Waals surface area contributed by atoms with Crippen LogP contribution in [-0.4, -0.2) is 33.3 Å². The first-order valence-corrected chi connectivity index (χ1v) is 7.69. The Morgan fingerprint density at radius 3 is 2.62 bits per heavy atom. The van der Waals surface area contributed by atoms with E-state index in [1.54, 1.807) is 20.3 Å². The topological polar surface area (TPSA) is 68.8 Å². The minimum atomic E-state index is -0.325. The van der Waals surface area contributed by atoms with Gasteiger partial charge in [0.15, 0.2) is 11.5 Å². The number of nitrogens with one attached hydrogen (secondary N) is 2. The van der Waals surface area contributed by atoms with Crippen LogP contribution >= 0.6 is 0 Å². The molecule has 1 amide bonds. The van der Waals surface area contributed by atoms with Gasteiger partial charge in [0.25, 0.3) is 5.91 Å². The second-order valence-corrected chi connectivity index (χ2v) is 5.35. The maximum atomic E-state index is 12.2. The number of carbonyl (C=O) groups excluding carboxylic acids is 1. The average Bonchev–Trinajstić information content (AvgIpc) is 2.62. The van der Waals surface area contributed by atoms with Gasteiger partial charge in [0, 0.05) is 12.8 Å². The van der Waals surface area contributed by atoms with E-state index in [9.17, 15) is 4.79 Å². The summed E-state index contributed by atoms with van der Waals surface area (Å²) in [5, 5.41) is 6.26. The van der Waals surface area contributed by atoms with Gasteiger partial charge in [0.1, 0.15) is 12.8 Å². The summed E-state index contributed by atoms with van der Waals surface area (Å²) >= 11 is 0. The fraction of sp³-hybridized carbons (Fsp3) is 0.278. The van der Waals surface area contributed by atoms with Crippen LogP contribution in [0.3, 0.4) is 0 Å². The zero-order chi connectivity index (χ0) is 16.9. The molecule has 1 heterocycles. The molecule has 1 aliphatic heterocycles. The van der Waals surface area contributed by atoms with Crippen LogP contribution < -0.4 is 20.1 Å². The summed E-state index contributed by atoms with van der Waals surface area (Å²) in [4.78, 5) is 12.2. The SMILES string of the molecule is COCCOc1ccc(C2NC(=O)c3ccccc3N2)cc1OC. The normalized spacial score (nSPS) is 15.9. The number of hydrogen-bond donors (Lipinski definition) is 2. The van der Waals surface area contributed by atoms with E-state index in [2.05, 4.69) is 10.6 Å². The molecule has 0 bridgehead atoms. The number of fused-ring (bicyclic) bond motifs is 1. The molecule has 0 aromatic heterocycles. The highest BCUT2D eigenvalue weighted by molar-refractivity contribution is 6.01. The second kappa shape index (κ2) is 7.23. The van der Waals surface area contributed by atoms with E-state index < -0.39 is 0 Å². The van der Waals surface area contributed by atoms with Gasteiger partial charge in [-0.3, -0.25) is 4.79 Å². The molecule has 3 rings (SSSR count). The summed E-state index contributed by atoms with van der Waals surface area (Å²) in [6, 6.07) is 13.0. The van der Waals surface area contributed by atoms with Crippen molar-refractivity contribution < 1.29 is 19.0 Å². The summed E-state index contributed by atoms with van der Waals surface area (Å²) in [5.41, 5.74) is 2.33. The van der Waals surface area contributed by atoms with Crippen molar-refractivity contribution in [3.63, 3.8) is 0 Å². The Labute approximate surface area is 140 Å². The fourth-order valence-corrected chi connectivity index (χ4v) is 2.59. The maximum absolute atomic E-state index is 12.2. The van der Waals surface area contributed by atoms with Crippen molar-refractivity contribution in [1.29, 1.82) is 0 Å². The number of para-hydroxylation sites is 1. The number of methoxy groups -OCH3 is 2. The number of benzene rings is 2. The summed E-state index contributed by atoms with van der Waals surface area (Å²) in [6.07, 6.45) is -0.325. The van der Waals surface area contributed by atoms with Gasteiger partial charge in [-0.1, -0.05) is 18.2 Å². The molecule has 0 fully saturated rings. The molecular weight excluding hydrogens is 308 g/mol. The largest absolute Gasteiger partial charge is 0.493 e. The van der Waals surface area contributed by atoms with Crippen LogP contribution in [-0.2, 0) is 4.74 Å². The highest BCUT2D eigenvalue weighted by atomic mass is 16.5. The van der Waals surface area contributed by atoms with E-state index in [0.29, 0.717) is 30.3 Å². The monoisotopic (exact) mass is 328 g/mol. The summed E-state index contributed by atoms with van der Waals surface area (Å²) < 4.78 is 16.0. The lowest BCUT2D eigenvalue weighted by molar-refractivity contribution is 0.0935. The van der Waals surface area contributed by atoms with E-state index in [4.69, 9.17) is 14.2 Å². The molecule has 126 valence electrons. The number of hydrogen-bond acceptors (Lipinski definition) is 5. The fourth-order valence-electron chi connectivity index (χ4n) is 2.59. The minimum Gasteiger partial charge on any atom is -0.493 e. The predicted octanol–water partition coefficient (Wildman–Crippen LogP) is 2.57. The highest BCUT2D eigenvalue weighted by Gasteiger charge is 2.24. The summed E-state index contributed by atoms with van der Waals surface area (Å²) in [5.74, 6) is 1.15. The average molecular weight is 328 g/mol. The lowest BCUT2D eigenvalue weighted by Crippen LogP contribution is -2.38. The molecule has 2 aromatic rings. The Bertz CT molecular complexity index is 733. The molecule has 0 saturated carbocycles. The third kappa shape index (κ3) is 3.28. The van der Waals surface area contributed by atoms with Crippen molar-refractivity contribution in [1.82, 2.24) is 5.32 Å². The number of carbonyl (C=O) groups is 1. The van der Waals surface area contributed by atoms with Gasteiger partial charge < -0.3 is 24.8 Å². The lowest BCUT2D eigenvalue weighted by Gasteiger charge is -2.28. The van der Waals surface area contributed by atoms with Gasteiger partial charge in [-0.25, -0.2) is 0 Å². The minimum absolute atomic E-state index is 0.103. The van der Waals surface area contributed by atoms with Gasteiger partial charge in [0.2, 0.25) is 0 Å². The van der Waals surface area contributed by atoms with Crippen molar-refractivity contribution in [2.45, 2.75) is 6.17 Å². The molecule has 1 unspecified atom stereocenters. The molecule has 1 atom stereocenters. The molecular formula is C18H20N2O4. The zero-order valence-electron chi connectivity index (χ0n) is 13.7. The molecule has 2 N–H and O–H groups in total. The number of ether oxygens (including phenoxy) is 3. The number of rotatable bonds is 6. The third-order valence-electron chi connectivity index (χ3n) is 3.81. The standard InChI is InChI=1S/C18H20N2O4/c1-22-9-10-24-15-8-7-12(11-16(15)23-2)17-19-14-6-4-3-5-13(14)18(21)20-17/h3-8,11,17,19H,9-10H2,1-2H3,(H,20,21). The maximum Gasteiger partial charge on any atom is 0.255 e. The third-order valence-corrected chi connectivity index (χ3v) is 3.81. The van der Waals surface area contributed by atoms with Gasteiger partial charge in [-0.15, -0.1) is 0 Å². The number of amides is 1. The quantitative estimate of drug-likeness (QED) is 0.798. The van der Waals surface area contributed by atoms with Crippen molar-refractivity contribution in [2.75, 3.05) is 32.8 Å². The van der Waals surface area contributed by atoms with E-state index in [0.717, 1.165) is 11.3 Å². The van der Waals surface area contributed by atoms with Gasteiger partial charge in [-0.2, -0.15) is 0 Å². The van der Waals surface area contributed by atoms with Crippen LogP contribution in [0, 0.1) is 0 Å². The zero-order valence-corrected chi connectivity index (χ0v) is 13.7. The van der Waals surface area contributed by atoms with E-state index in [1.807, 2.05) is 36.4 Å². The van der Waals surface area contributed by atoms with Crippen LogP contribution in [0.25, 0.3) is 0 Å². The Kier molecular flexibility index (Phi) is 4.86. The van der Waals surface area contributed by atoms with Crippen LogP contribution in [0.1, 0.15) is 22.1 Å². The molecule has 24 heavy (non-hydrogen) atoms. The smallest absolute Gasteiger partial charge is 0.255 e. The Morgan fingerprint density at radius 2 is 1.83 bits per heavy atom. The van der Waals surface area contributed by atoms with Crippen LogP contribution in [0.2, 0.25) is 0 Å². The van der Waals surface area contributed by atoms with Crippen molar-refractivity contribution in [3.05, 3.63) is 53.6 Å². The van der Waals surface area contributed by atoms with Crippen molar-refractivity contribution in [2.24, 2.45) is 0 Å². The van der Waals surface area contributed by atoms with Crippen molar-refractivity contribution >= 4 is 11.6 Å². The van der Waals surface area contributed by atoms with Crippen molar-refractivity contribution in [3.8, 4) is 11.5 Å². The predicted molar refractivity (Wildman–Crippen MR) is 90.6 cm³/mol. The Morgan fingerprint density at radius 1 is 1.00 bits per heavy atom. The van der Waals surface area contributed by atoms with Gasteiger partial charge >= 0.3 is 0 Å². The van der Waals surface area contributed by atoms with E-state index in [1.165, 1.54) is 0 Å².